The van der Waals surface area contributed by atoms with Crippen LogP contribution >= 0.6 is 11.3 Å². The van der Waals surface area contributed by atoms with Gasteiger partial charge in [0.05, 0.1) is 16.0 Å². The Kier molecular flexibility index (Phi) is 5.53. The van der Waals surface area contributed by atoms with Gasteiger partial charge in [-0.1, -0.05) is 12.1 Å². The van der Waals surface area contributed by atoms with Crippen molar-refractivity contribution in [3.63, 3.8) is 0 Å². The minimum Gasteiger partial charge on any atom is -0.372 e. The summed E-state index contributed by atoms with van der Waals surface area (Å²) >= 11 is 1.28. The Balaban J connectivity index is 1.39. The molecule has 148 valence electrons. The van der Waals surface area contributed by atoms with Crippen LogP contribution in [0.25, 0.3) is 10.1 Å². The summed E-state index contributed by atoms with van der Waals surface area (Å²) in [5, 5.41) is 15.6. The lowest BCUT2D eigenvalue weighted by atomic mass is 10.1. The van der Waals surface area contributed by atoms with Crippen molar-refractivity contribution < 1.29 is 9.72 Å². The largest absolute Gasteiger partial charge is 0.372 e. The number of anilines is 1. The van der Waals surface area contributed by atoms with Crippen molar-refractivity contribution in [1.29, 1.82) is 0 Å². The number of nitrogens with one attached hydrogen (secondary N) is 1. The smallest absolute Gasteiger partial charge is 0.281 e. The van der Waals surface area contributed by atoms with E-state index in [2.05, 4.69) is 27.6 Å². The number of nitro benzene ring substituents is 1. The van der Waals surface area contributed by atoms with Gasteiger partial charge in [0.1, 0.15) is 0 Å². The molecular formula is C21H20N4O3S. The van der Waals surface area contributed by atoms with E-state index in [1.807, 2.05) is 12.1 Å². The van der Waals surface area contributed by atoms with E-state index in [-0.39, 0.29) is 11.6 Å². The maximum atomic E-state index is 12.3. The van der Waals surface area contributed by atoms with E-state index in [1.54, 1.807) is 18.3 Å². The van der Waals surface area contributed by atoms with E-state index in [0.29, 0.717) is 10.3 Å². The number of benzene rings is 2. The normalized spacial score (nSPS) is 14.4. The summed E-state index contributed by atoms with van der Waals surface area (Å²) in [6, 6.07) is 14.3. The summed E-state index contributed by atoms with van der Waals surface area (Å²) in [7, 11) is 0. The monoisotopic (exact) mass is 408 g/mol. The molecule has 2 heterocycles. The topological polar surface area (TPSA) is 87.8 Å². The van der Waals surface area contributed by atoms with E-state index < -0.39 is 4.92 Å². The third kappa shape index (κ3) is 4.43. The molecule has 1 aromatic heterocycles. The predicted octanol–water partition coefficient (Wildman–Crippen LogP) is 4.56. The lowest BCUT2D eigenvalue weighted by Gasteiger charge is -2.28. The van der Waals surface area contributed by atoms with Crippen LogP contribution in [-0.2, 0) is 0 Å². The molecule has 29 heavy (non-hydrogen) atoms. The molecule has 4 rings (SSSR count). The molecule has 2 aromatic carbocycles. The number of carbonyl (C=O) groups is 1. The molecule has 1 aliphatic heterocycles. The van der Waals surface area contributed by atoms with E-state index in [9.17, 15) is 14.9 Å². The number of carbonyl (C=O) groups excluding carboxylic acids is 1. The molecule has 0 spiro atoms. The lowest BCUT2D eigenvalue weighted by Crippen LogP contribution is -2.29. The van der Waals surface area contributed by atoms with Crippen molar-refractivity contribution in [3.8, 4) is 0 Å². The van der Waals surface area contributed by atoms with Gasteiger partial charge in [0.15, 0.2) is 0 Å². The summed E-state index contributed by atoms with van der Waals surface area (Å²) in [5.41, 5.74) is 4.64. The van der Waals surface area contributed by atoms with E-state index in [4.69, 9.17) is 0 Å². The number of hydrogen-bond acceptors (Lipinski definition) is 6. The molecule has 3 aromatic rings. The van der Waals surface area contributed by atoms with Crippen molar-refractivity contribution in [2.75, 3.05) is 18.0 Å². The quantitative estimate of drug-likeness (QED) is 0.381. The number of thiophene rings is 1. The van der Waals surface area contributed by atoms with Crippen molar-refractivity contribution in [2.24, 2.45) is 5.10 Å². The van der Waals surface area contributed by atoms with E-state index in [1.165, 1.54) is 48.4 Å². The number of amides is 1. The Bertz CT molecular complexity index is 1070. The van der Waals surface area contributed by atoms with Gasteiger partial charge in [-0.25, -0.2) is 5.43 Å². The second kappa shape index (κ2) is 8.40. The second-order valence-corrected chi connectivity index (χ2v) is 8.01. The number of hydrogen-bond donors (Lipinski definition) is 1. The zero-order valence-corrected chi connectivity index (χ0v) is 16.5. The fraction of sp³-hybridized carbons (Fsp3) is 0.238. The molecule has 7 nitrogen and oxygen atoms in total. The van der Waals surface area contributed by atoms with Crippen LogP contribution in [0.1, 0.15) is 34.5 Å². The van der Waals surface area contributed by atoms with E-state index >= 15 is 0 Å². The van der Waals surface area contributed by atoms with Gasteiger partial charge in [0.2, 0.25) is 0 Å². The van der Waals surface area contributed by atoms with Gasteiger partial charge >= 0.3 is 0 Å². The number of non-ortho nitro benzene ring substituents is 1. The van der Waals surface area contributed by atoms with Crippen LogP contribution in [0.5, 0.6) is 0 Å². The third-order valence-corrected chi connectivity index (χ3v) is 6.04. The number of rotatable bonds is 5. The number of nitro groups is 1. The van der Waals surface area contributed by atoms with Gasteiger partial charge in [0, 0.05) is 41.0 Å². The van der Waals surface area contributed by atoms with Gasteiger partial charge in [-0.2, -0.15) is 5.10 Å². The van der Waals surface area contributed by atoms with Crippen LogP contribution in [0.3, 0.4) is 0 Å². The lowest BCUT2D eigenvalue weighted by molar-refractivity contribution is -0.384. The molecule has 1 saturated heterocycles. The molecule has 0 aliphatic carbocycles. The van der Waals surface area contributed by atoms with Gasteiger partial charge in [0.25, 0.3) is 11.6 Å². The predicted molar refractivity (Wildman–Crippen MR) is 116 cm³/mol. The molecular weight excluding hydrogens is 388 g/mol. The van der Waals surface area contributed by atoms with Crippen LogP contribution in [0.15, 0.2) is 53.6 Å². The van der Waals surface area contributed by atoms with Crippen LogP contribution in [0.2, 0.25) is 0 Å². The molecule has 1 aliphatic rings. The molecule has 0 bridgehead atoms. The number of hydrazone groups is 1. The zero-order valence-electron chi connectivity index (χ0n) is 15.7. The van der Waals surface area contributed by atoms with Gasteiger partial charge in [-0.15, -0.1) is 11.3 Å². The average Bonchev–Trinajstić information content (AvgIpc) is 3.18. The summed E-state index contributed by atoms with van der Waals surface area (Å²) in [5.74, 6) is -0.338. The Hall–Kier alpha value is -3.26. The Morgan fingerprint density at radius 1 is 1.10 bits per heavy atom. The summed E-state index contributed by atoms with van der Waals surface area (Å²) in [6.45, 7) is 2.20. The minimum absolute atomic E-state index is 0.00767. The summed E-state index contributed by atoms with van der Waals surface area (Å²) in [6.07, 6.45) is 5.38. The highest BCUT2D eigenvalue weighted by molar-refractivity contribution is 7.20. The van der Waals surface area contributed by atoms with Gasteiger partial charge in [-0.05, 0) is 49.1 Å². The number of nitrogens with zero attached hydrogens (tertiary/aromatic N) is 3. The van der Waals surface area contributed by atoms with E-state index in [0.717, 1.165) is 23.4 Å². The first-order valence-electron chi connectivity index (χ1n) is 9.46. The molecule has 0 saturated carbocycles. The minimum atomic E-state index is -0.447. The van der Waals surface area contributed by atoms with Gasteiger partial charge in [-0.3, -0.25) is 14.9 Å². The highest BCUT2D eigenvalue weighted by Crippen LogP contribution is 2.29. The highest BCUT2D eigenvalue weighted by atomic mass is 32.1. The molecule has 0 atom stereocenters. The maximum Gasteiger partial charge on any atom is 0.281 e. The SMILES string of the molecule is O=C(N/N=C\c1ccc(N2CCCCC2)cc1)c1cc2cc([N+](=O)[O-])ccc2s1. The van der Waals surface area contributed by atoms with Crippen LogP contribution in [-0.4, -0.2) is 30.1 Å². The molecule has 0 unspecified atom stereocenters. The van der Waals surface area contributed by atoms with Crippen molar-refractivity contribution in [1.82, 2.24) is 5.43 Å². The van der Waals surface area contributed by atoms with Gasteiger partial charge < -0.3 is 4.90 Å². The fourth-order valence-corrected chi connectivity index (χ4v) is 4.33. The van der Waals surface area contributed by atoms with Crippen LogP contribution in [0, 0.1) is 10.1 Å². The molecule has 1 amide bonds. The number of fused-ring (bicyclic) bond motifs is 1. The Labute approximate surface area is 171 Å². The molecule has 8 heteroatoms. The van der Waals surface area contributed by atoms with Crippen molar-refractivity contribution in [2.45, 2.75) is 19.3 Å². The van der Waals surface area contributed by atoms with Crippen molar-refractivity contribution in [3.05, 3.63) is 69.1 Å². The molecule has 1 N–H and O–H groups in total. The maximum absolute atomic E-state index is 12.3. The standard InChI is InChI=1S/C21H20N4O3S/c26-21(20-13-16-12-18(25(27)28)8-9-19(16)29-20)23-22-14-15-4-6-17(7-5-15)24-10-2-1-3-11-24/h4-9,12-14H,1-3,10-11H2,(H,23,26)/b22-14-. The van der Waals surface area contributed by atoms with Crippen LogP contribution in [0.4, 0.5) is 11.4 Å². The Morgan fingerprint density at radius 3 is 2.59 bits per heavy atom. The second-order valence-electron chi connectivity index (χ2n) is 6.93. The fourth-order valence-electron chi connectivity index (χ4n) is 3.40. The summed E-state index contributed by atoms with van der Waals surface area (Å²) < 4.78 is 0.818. The first-order valence-corrected chi connectivity index (χ1v) is 10.3. The average molecular weight is 408 g/mol. The highest BCUT2D eigenvalue weighted by Gasteiger charge is 2.13. The Morgan fingerprint density at radius 2 is 1.86 bits per heavy atom. The molecule has 1 fully saturated rings. The third-order valence-electron chi connectivity index (χ3n) is 4.93. The first kappa shape index (κ1) is 19.1. The number of piperidine rings is 1. The van der Waals surface area contributed by atoms with Crippen LogP contribution < -0.4 is 10.3 Å². The zero-order chi connectivity index (χ0) is 20.2. The summed E-state index contributed by atoms with van der Waals surface area (Å²) in [4.78, 5) is 25.6. The van der Waals surface area contributed by atoms with Crippen molar-refractivity contribution >= 4 is 44.9 Å². The molecule has 0 radical (unpaired) electrons. The first-order chi connectivity index (χ1) is 14.1.